The molecule has 4 nitrogen and oxygen atoms in total. The van der Waals surface area contributed by atoms with Crippen LogP contribution in [0, 0.1) is 5.92 Å². The number of amides is 1. The lowest BCUT2D eigenvalue weighted by Crippen LogP contribution is -2.35. The molecule has 1 saturated carbocycles. The lowest BCUT2D eigenvalue weighted by Gasteiger charge is -2.22. The summed E-state index contributed by atoms with van der Waals surface area (Å²) in [5, 5.41) is 6.70. The van der Waals surface area contributed by atoms with Crippen LogP contribution in [0.25, 0.3) is 22.0 Å². The minimum absolute atomic E-state index is 0.0538. The van der Waals surface area contributed by atoms with E-state index in [1.807, 2.05) is 42.3 Å². The maximum Gasteiger partial charge on any atom is 0.272 e. The van der Waals surface area contributed by atoms with Gasteiger partial charge < -0.3 is 4.90 Å². The van der Waals surface area contributed by atoms with E-state index in [0.29, 0.717) is 21.7 Å². The average molecular weight is 416 g/mol. The van der Waals surface area contributed by atoms with Crippen LogP contribution in [-0.2, 0) is 7.05 Å². The van der Waals surface area contributed by atoms with Crippen LogP contribution in [0.1, 0.15) is 36.7 Å². The number of aromatic nitrogens is 2. The second kappa shape index (κ2) is 7.76. The van der Waals surface area contributed by atoms with Crippen LogP contribution < -0.4 is 0 Å². The zero-order valence-corrected chi connectivity index (χ0v) is 17.6. The fraction of sp³-hybridized carbons (Fsp3) is 0.364. The van der Waals surface area contributed by atoms with Crippen molar-refractivity contribution in [2.75, 3.05) is 13.1 Å². The van der Waals surface area contributed by atoms with Crippen molar-refractivity contribution in [1.29, 1.82) is 0 Å². The van der Waals surface area contributed by atoms with E-state index in [1.165, 1.54) is 12.8 Å². The molecule has 0 radical (unpaired) electrons. The van der Waals surface area contributed by atoms with E-state index in [9.17, 15) is 4.79 Å². The van der Waals surface area contributed by atoms with Crippen molar-refractivity contribution in [2.24, 2.45) is 13.0 Å². The van der Waals surface area contributed by atoms with Crippen molar-refractivity contribution in [3.8, 4) is 11.1 Å². The first-order valence-electron chi connectivity index (χ1n) is 9.70. The molecule has 2 aromatic carbocycles. The normalized spacial score (nSPS) is 13.9. The zero-order chi connectivity index (χ0) is 19.8. The Morgan fingerprint density at radius 1 is 1.21 bits per heavy atom. The van der Waals surface area contributed by atoms with E-state index in [-0.39, 0.29) is 5.91 Å². The van der Waals surface area contributed by atoms with Gasteiger partial charge in [-0.1, -0.05) is 54.4 Å². The first-order chi connectivity index (χ1) is 13.5. The monoisotopic (exact) mass is 415 g/mol. The molecule has 1 heterocycles. The summed E-state index contributed by atoms with van der Waals surface area (Å²) in [6.45, 7) is 3.71. The Hall–Kier alpha value is -2.04. The maximum absolute atomic E-state index is 13.4. The first kappa shape index (κ1) is 19.3. The molecule has 0 unspecified atom stereocenters. The highest BCUT2D eigenvalue weighted by Gasteiger charge is 2.29. The smallest absolute Gasteiger partial charge is 0.272 e. The van der Waals surface area contributed by atoms with E-state index in [1.54, 1.807) is 10.7 Å². The van der Waals surface area contributed by atoms with Gasteiger partial charge in [0.25, 0.3) is 5.91 Å². The number of carbonyl (C=O) groups is 1. The second-order valence-corrected chi connectivity index (χ2v) is 8.34. The second-order valence-electron chi connectivity index (χ2n) is 7.49. The first-order valence-corrected chi connectivity index (χ1v) is 10.5. The molecule has 146 valence electrons. The van der Waals surface area contributed by atoms with E-state index in [2.05, 4.69) is 12.0 Å². The quantitative estimate of drug-likeness (QED) is 0.509. The summed E-state index contributed by atoms with van der Waals surface area (Å²) in [5.74, 6) is 0.705. The Morgan fingerprint density at radius 3 is 2.68 bits per heavy atom. The lowest BCUT2D eigenvalue weighted by atomic mass is 10.0. The van der Waals surface area contributed by atoms with Crippen LogP contribution in [-0.4, -0.2) is 33.7 Å². The highest BCUT2D eigenvalue weighted by Crippen LogP contribution is 2.36. The number of nitrogens with zero attached hydrogens (tertiary/aromatic N) is 3. The van der Waals surface area contributed by atoms with Crippen molar-refractivity contribution in [1.82, 2.24) is 14.7 Å². The fourth-order valence-electron chi connectivity index (χ4n) is 3.70. The maximum atomic E-state index is 13.4. The van der Waals surface area contributed by atoms with Crippen LogP contribution in [0.4, 0.5) is 0 Å². The van der Waals surface area contributed by atoms with Gasteiger partial charge in [-0.2, -0.15) is 5.10 Å². The third-order valence-electron chi connectivity index (χ3n) is 5.24. The minimum Gasteiger partial charge on any atom is -0.337 e. The Balaban J connectivity index is 1.80. The summed E-state index contributed by atoms with van der Waals surface area (Å²) >= 11 is 12.5. The predicted molar refractivity (Wildman–Crippen MR) is 115 cm³/mol. The summed E-state index contributed by atoms with van der Waals surface area (Å²) in [6, 6.07) is 11.3. The standard InChI is InChI=1S/C22H23Cl2N3O/c1-3-11-27(13-14-7-8-14)22(28)21-18-6-4-5-17(20(18)25-26(21)2)16-10-9-15(23)12-19(16)24/h4-6,9-10,12,14H,3,7-8,11,13H2,1-2H3. The Kier molecular flexibility index (Phi) is 5.35. The van der Waals surface area contributed by atoms with Gasteiger partial charge in [-0.3, -0.25) is 9.48 Å². The zero-order valence-electron chi connectivity index (χ0n) is 16.1. The van der Waals surface area contributed by atoms with Crippen LogP contribution in [0.5, 0.6) is 0 Å². The third-order valence-corrected chi connectivity index (χ3v) is 5.79. The summed E-state index contributed by atoms with van der Waals surface area (Å²) < 4.78 is 1.70. The van der Waals surface area contributed by atoms with E-state index < -0.39 is 0 Å². The molecule has 1 amide bonds. The summed E-state index contributed by atoms with van der Waals surface area (Å²) in [6.07, 6.45) is 3.39. The van der Waals surface area contributed by atoms with Gasteiger partial charge in [0.15, 0.2) is 0 Å². The molecule has 1 aliphatic carbocycles. The number of fused-ring (bicyclic) bond motifs is 1. The number of carbonyl (C=O) groups excluding carboxylic acids is 1. The molecule has 0 bridgehead atoms. The molecule has 1 aromatic heterocycles. The third kappa shape index (κ3) is 3.63. The molecule has 1 fully saturated rings. The van der Waals surface area contributed by atoms with Crippen LogP contribution in [0.15, 0.2) is 36.4 Å². The Bertz CT molecular complexity index is 1040. The molecular weight excluding hydrogens is 393 g/mol. The van der Waals surface area contributed by atoms with Gasteiger partial charge in [0, 0.05) is 46.7 Å². The van der Waals surface area contributed by atoms with Gasteiger partial charge in [0.1, 0.15) is 11.2 Å². The van der Waals surface area contributed by atoms with Crippen molar-refractivity contribution in [3.63, 3.8) is 0 Å². The molecule has 4 rings (SSSR count). The number of benzene rings is 2. The van der Waals surface area contributed by atoms with Crippen molar-refractivity contribution in [2.45, 2.75) is 26.2 Å². The molecular formula is C22H23Cl2N3O. The molecule has 3 aromatic rings. The Morgan fingerprint density at radius 2 is 2.00 bits per heavy atom. The van der Waals surface area contributed by atoms with Crippen LogP contribution in [0.3, 0.4) is 0 Å². The molecule has 0 saturated heterocycles. The molecule has 28 heavy (non-hydrogen) atoms. The predicted octanol–water partition coefficient (Wildman–Crippen LogP) is 5.81. The average Bonchev–Trinajstić information content (AvgIpc) is 3.40. The summed E-state index contributed by atoms with van der Waals surface area (Å²) in [5.41, 5.74) is 3.17. The van der Waals surface area contributed by atoms with Gasteiger partial charge in [-0.05, 0) is 37.3 Å². The van der Waals surface area contributed by atoms with Crippen molar-refractivity contribution >= 4 is 40.0 Å². The SMILES string of the molecule is CCCN(CC1CC1)C(=O)c1c2cccc(-c3ccc(Cl)cc3Cl)c2nn1C. The largest absolute Gasteiger partial charge is 0.337 e. The summed E-state index contributed by atoms with van der Waals surface area (Å²) in [7, 11) is 1.84. The Labute approximate surface area is 175 Å². The van der Waals surface area contributed by atoms with Gasteiger partial charge in [0.05, 0.1) is 0 Å². The number of aryl methyl sites for hydroxylation is 1. The molecule has 0 atom stereocenters. The molecule has 1 aliphatic rings. The number of halogens is 2. The lowest BCUT2D eigenvalue weighted by molar-refractivity contribution is 0.0738. The molecule has 0 spiro atoms. The van der Waals surface area contributed by atoms with E-state index >= 15 is 0 Å². The minimum atomic E-state index is 0.0538. The van der Waals surface area contributed by atoms with Crippen molar-refractivity contribution < 1.29 is 4.79 Å². The number of rotatable bonds is 6. The molecule has 0 aliphatic heterocycles. The highest BCUT2D eigenvalue weighted by atomic mass is 35.5. The summed E-state index contributed by atoms with van der Waals surface area (Å²) in [4.78, 5) is 15.4. The topological polar surface area (TPSA) is 38.1 Å². The number of hydrogen-bond donors (Lipinski definition) is 0. The van der Waals surface area contributed by atoms with Gasteiger partial charge in [-0.15, -0.1) is 0 Å². The van der Waals surface area contributed by atoms with E-state index in [4.69, 9.17) is 23.2 Å². The number of hydrogen-bond acceptors (Lipinski definition) is 2. The van der Waals surface area contributed by atoms with Crippen molar-refractivity contribution in [3.05, 3.63) is 52.1 Å². The molecule has 0 N–H and O–H groups in total. The highest BCUT2D eigenvalue weighted by molar-refractivity contribution is 6.36. The van der Waals surface area contributed by atoms with E-state index in [0.717, 1.165) is 41.5 Å². The van der Waals surface area contributed by atoms with Gasteiger partial charge in [0.2, 0.25) is 0 Å². The van der Waals surface area contributed by atoms with Crippen LogP contribution >= 0.6 is 23.2 Å². The van der Waals surface area contributed by atoms with Gasteiger partial charge in [-0.25, -0.2) is 0 Å². The fourth-order valence-corrected chi connectivity index (χ4v) is 4.21. The molecule has 6 heteroatoms. The van der Waals surface area contributed by atoms with Gasteiger partial charge >= 0.3 is 0 Å². The van der Waals surface area contributed by atoms with Crippen LogP contribution in [0.2, 0.25) is 10.0 Å².